The van der Waals surface area contributed by atoms with Crippen LogP contribution < -0.4 is 5.56 Å². The van der Waals surface area contributed by atoms with Crippen molar-refractivity contribution >= 4 is 0 Å². The molecule has 0 saturated carbocycles. The maximum Gasteiger partial charge on any atom is 0.253 e. The number of pyridine rings is 1. The third kappa shape index (κ3) is 1.07. The predicted octanol–water partition coefficient (Wildman–Crippen LogP) is 0.833. The molecule has 1 rings (SSSR count). The topological polar surface area (TPSA) is 22.0 Å². The molecular formula is C7H8FNO. The number of halogens is 1. The van der Waals surface area contributed by atoms with Gasteiger partial charge in [0.1, 0.15) is 5.82 Å². The summed E-state index contributed by atoms with van der Waals surface area (Å²) in [5, 5.41) is 0. The van der Waals surface area contributed by atoms with Crippen LogP contribution in [0.5, 0.6) is 0 Å². The number of rotatable bonds is 0. The first kappa shape index (κ1) is 6.99. The van der Waals surface area contributed by atoms with Gasteiger partial charge in [0.25, 0.3) is 5.56 Å². The molecule has 0 aliphatic carbocycles. The van der Waals surface area contributed by atoms with Crippen LogP contribution in [0.4, 0.5) is 4.39 Å². The lowest BCUT2D eigenvalue weighted by molar-refractivity contribution is 0.602. The van der Waals surface area contributed by atoms with Crippen molar-refractivity contribution in [3.63, 3.8) is 0 Å². The van der Waals surface area contributed by atoms with Crippen LogP contribution in [0.25, 0.3) is 0 Å². The highest BCUT2D eigenvalue weighted by molar-refractivity contribution is 5.08. The van der Waals surface area contributed by atoms with E-state index >= 15 is 0 Å². The normalized spacial score (nSPS) is 9.90. The lowest BCUT2D eigenvalue weighted by Crippen LogP contribution is -2.18. The standard InChI is InChI=1S/C7H8FNO/c1-5-3-6(8)4-9(2)7(5)10/h3-4H,1-2H3. The molecule has 0 unspecified atom stereocenters. The van der Waals surface area contributed by atoms with Crippen LogP contribution in [0.3, 0.4) is 0 Å². The summed E-state index contributed by atoms with van der Waals surface area (Å²) in [5.41, 5.74) is 0.281. The second-order valence-corrected chi connectivity index (χ2v) is 2.26. The van der Waals surface area contributed by atoms with Gasteiger partial charge in [0.15, 0.2) is 0 Å². The van der Waals surface area contributed by atoms with E-state index in [1.807, 2.05) is 0 Å². The molecule has 0 radical (unpaired) electrons. The van der Waals surface area contributed by atoms with Crippen molar-refractivity contribution in [3.8, 4) is 0 Å². The molecule has 0 atom stereocenters. The van der Waals surface area contributed by atoms with E-state index in [1.54, 1.807) is 6.92 Å². The van der Waals surface area contributed by atoms with Gasteiger partial charge in [-0.25, -0.2) is 4.39 Å². The minimum Gasteiger partial charge on any atom is -0.315 e. The monoisotopic (exact) mass is 141 g/mol. The Hall–Kier alpha value is -1.12. The van der Waals surface area contributed by atoms with Crippen LogP contribution >= 0.6 is 0 Å². The van der Waals surface area contributed by atoms with E-state index in [1.165, 1.54) is 17.7 Å². The molecule has 10 heavy (non-hydrogen) atoms. The third-order valence-electron chi connectivity index (χ3n) is 1.33. The number of hydrogen-bond donors (Lipinski definition) is 0. The average molecular weight is 141 g/mol. The Morgan fingerprint density at radius 3 is 2.70 bits per heavy atom. The first-order chi connectivity index (χ1) is 4.61. The zero-order chi connectivity index (χ0) is 7.72. The number of aryl methyl sites for hydroxylation is 2. The quantitative estimate of drug-likeness (QED) is 0.524. The van der Waals surface area contributed by atoms with Crippen molar-refractivity contribution < 1.29 is 4.39 Å². The van der Waals surface area contributed by atoms with Crippen molar-refractivity contribution in [2.24, 2.45) is 7.05 Å². The molecule has 0 spiro atoms. The first-order valence-electron chi connectivity index (χ1n) is 2.94. The molecule has 3 heteroatoms. The summed E-state index contributed by atoms with van der Waals surface area (Å²) < 4.78 is 13.7. The maximum absolute atomic E-state index is 12.4. The molecule has 1 heterocycles. The molecule has 0 bridgehead atoms. The van der Waals surface area contributed by atoms with E-state index < -0.39 is 0 Å². The van der Waals surface area contributed by atoms with Crippen LogP contribution in [0.2, 0.25) is 0 Å². The summed E-state index contributed by atoms with van der Waals surface area (Å²) in [5.74, 6) is -0.375. The highest BCUT2D eigenvalue weighted by atomic mass is 19.1. The number of hydrogen-bond acceptors (Lipinski definition) is 1. The van der Waals surface area contributed by atoms with Gasteiger partial charge in [0, 0.05) is 18.8 Å². The fourth-order valence-corrected chi connectivity index (χ4v) is 0.828. The molecule has 1 aromatic rings. The van der Waals surface area contributed by atoms with Crippen molar-refractivity contribution in [3.05, 3.63) is 34.0 Å². The molecule has 0 amide bonds. The maximum atomic E-state index is 12.4. The zero-order valence-electron chi connectivity index (χ0n) is 5.89. The largest absolute Gasteiger partial charge is 0.315 e. The number of aromatic nitrogens is 1. The summed E-state index contributed by atoms with van der Waals surface area (Å²) in [6, 6.07) is 1.22. The van der Waals surface area contributed by atoms with Crippen LogP contribution in [0.15, 0.2) is 17.1 Å². The van der Waals surface area contributed by atoms with E-state index in [-0.39, 0.29) is 11.4 Å². The SMILES string of the molecule is Cc1cc(F)cn(C)c1=O. The van der Waals surface area contributed by atoms with Crippen LogP contribution in [0.1, 0.15) is 5.56 Å². The van der Waals surface area contributed by atoms with Gasteiger partial charge >= 0.3 is 0 Å². The molecule has 54 valence electrons. The van der Waals surface area contributed by atoms with E-state index in [0.29, 0.717) is 5.56 Å². The Morgan fingerprint density at radius 1 is 1.60 bits per heavy atom. The number of nitrogens with zero attached hydrogens (tertiary/aromatic N) is 1. The molecule has 0 saturated heterocycles. The molecule has 0 fully saturated rings. The Morgan fingerprint density at radius 2 is 2.20 bits per heavy atom. The Balaban J connectivity index is 3.46. The van der Waals surface area contributed by atoms with Crippen molar-refractivity contribution in [2.45, 2.75) is 6.92 Å². The van der Waals surface area contributed by atoms with Crippen LogP contribution in [-0.2, 0) is 7.05 Å². The summed E-state index contributed by atoms with van der Waals surface area (Å²) in [6.45, 7) is 1.59. The Labute approximate surface area is 57.9 Å². The molecular weight excluding hydrogens is 133 g/mol. The van der Waals surface area contributed by atoms with E-state index in [9.17, 15) is 9.18 Å². The Bertz CT molecular complexity index is 277. The third-order valence-corrected chi connectivity index (χ3v) is 1.33. The van der Waals surface area contributed by atoms with Gasteiger partial charge in [-0.2, -0.15) is 0 Å². The summed E-state index contributed by atoms with van der Waals surface area (Å²) in [6.07, 6.45) is 1.16. The van der Waals surface area contributed by atoms with Gasteiger partial charge < -0.3 is 4.57 Å². The van der Waals surface area contributed by atoms with E-state index in [4.69, 9.17) is 0 Å². The fourth-order valence-electron chi connectivity index (χ4n) is 0.828. The minimum absolute atomic E-state index is 0.151. The van der Waals surface area contributed by atoms with E-state index in [2.05, 4.69) is 0 Å². The lowest BCUT2D eigenvalue weighted by atomic mass is 10.3. The molecule has 2 nitrogen and oxygen atoms in total. The minimum atomic E-state index is -0.375. The molecule has 0 N–H and O–H groups in total. The van der Waals surface area contributed by atoms with Gasteiger partial charge in [-0.1, -0.05) is 0 Å². The average Bonchev–Trinajstić information content (AvgIpc) is 1.82. The van der Waals surface area contributed by atoms with Crippen molar-refractivity contribution in [1.29, 1.82) is 0 Å². The van der Waals surface area contributed by atoms with Gasteiger partial charge in [0.05, 0.1) is 0 Å². The fraction of sp³-hybridized carbons (Fsp3) is 0.286. The summed E-state index contributed by atoms with van der Waals surface area (Å²) in [7, 11) is 1.53. The van der Waals surface area contributed by atoms with Crippen molar-refractivity contribution in [2.75, 3.05) is 0 Å². The van der Waals surface area contributed by atoms with Gasteiger partial charge in [-0.15, -0.1) is 0 Å². The van der Waals surface area contributed by atoms with Crippen molar-refractivity contribution in [1.82, 2.24) is 4.57 Å². The smallest absolute Gasteiger partial charge is 0.253 e. The first-order valence-corrected chi connectivity index (χ1v) is 2.94. The zero-order valence-corrected chi connectivity index (χ0v) is 5.89. The van der Waals surface area contributed by atoms with Crippen LogP contribution in [0, 0.1) is 12.7 Å². The molecule has 0 aliphatic heterocycles. The molecule has 0 aromatic carbocycles. The van der Waals surface area contributed by atoms with E-state index in [0.717, 1.165) is 6.20 Å². The van der Waals surface area contributed by atoms with Gasteiger partial charge in [-0.3, -0.25) is 4.79 Å². The van der Waals surface area contributed by atoms with Gasteiger partial charge in [0.2, 0.25) is 0 Å². The second kappa shape index (κ2) is 2.25. The Kier molecular flexibility index (Phi) is 1.57. The highest BCUT2D eigenvalue weighted by Crippen LogP contribution is 1.94. The lowest BCUT2D eigenvalue weighted by Gasteiger charge is -1.97. The molecule has 1 aromatic heterocycles. The highest BCUT2D eigenvalue weighted by Gasteiger charge is 1.97. The molecule has 0 aliphatic rings. The second-order valence-electron chi connectivity index (χ2n) is 2.26. The summed E-state index contributed by atoms with van der Waals surface area (Å²) >= 11 is 0. The van der Waals surface area contributed by atoms with Crippen LogP contribution in [-0.4, -0.2) is 4.57 Å². The van der Waals surface area contributed by atoms with Gasteiger partial charge in [-0.05, 0) is 13.0 Å². The predicted molar refractivity (Wildman–Crippen MR) is 36.4 cm³/mol. The summed E-state index contributed by atoms with van der Waals surface area (Å²) in [4.78, 5) is 10.9.